The van der Waals surface area contributed by atoms with E-state index in [1.165, 1.54) is 18.2 Å². The van der Waals surface area contributed by atoms with Gasteiger partial charge in [-0.25, -0.2) is 9.18 Å². The summed E-state index contributed by atoms with van der Waals surface area (Å²) >= 11 is 5.52. The largest absolute Gasteiger partial charge is 0.437 e. The number of hydrogen-bond donors (Lipinski definition) is 1. The molecule has 0 spiro atoms. The monoisotopic (exact) mass is 244 g/mol. The molecule has 0 heterocycles. The Morgan fingerprint density at radius 1 is 1.62 bits per heavy atom. The first-order valence-electron chi connectivity index (χ1n) is 4.57. The standard InChI is InChI=1S/C10H10ClFN2O2/c1-2-9(11)14-16-10(15)13-8-5-3-4-7(12)6-8/h3-6H,2H2,1H3,(H,13,15). The minimum Gasteiger partial charge on any atom is -0.297 e. The Hall–Kier alpha value is -1.62. The maximum Gasteiger partial charge on any atom is 0.437 e. The number of amides is 1. The van der Waals surface area contributed by atoms with Gasteiger partial charge >= 0.3 is 6.09 Å². The zero-order valence-corrected chi connectivity index (χ0v) is 9.29. The van der Waals surface area contributed by atoms with Gasteiger partial charge in [0.2, 0.25) is 0 Å². The number of benzene rings is 1. The first-order chi connectivity index (χ1) is 7.61. The van der Waals surface area contributed by atoms with E-state index >= 15 is 0 Å². The lowest BCUT2D eigenvalue weighted by Gasteiger charge is -2.02. The van der Waals surface area contributed by atoms with E-state index in [9.17, 15) is 9.18 Å². The Labute approximate surface area is 97.0 Å². The van der Waals surface area contributed by atoms with Crippen LogP contribution in [0, 0.1) is 5.82 Å². The summed E-state index contributed by atoms with van der Waals surface area (Å²) in [7, 11) is 0. The second-order valence-electron chi connectivity index (χ2n) is 2.84. The lowest BCUT2D eigenvalue weighted by atomic mass is 10.3. The van der Waals surface area contributed by atoms with E-state index in [2.05, 4.69) is 15.3 Å². The fourth-order valence-electron chi connectivity index (χ4n) is 0.862. The highest BCUT2D eigenvalue weighted by Gasteiger charge is 2.03. The number of nitrogens with one attached hydrogen (secondary N) is 1. The second-order valence-corrected chi connectivity index (χ2v) is 3.27. The highest BCUT2D eigenvalue weighted by Crippen LogP contribution is 2.09. The molecular weight excluding hydrogens is 235 g/mol. The third kappa shape index (κ3) is 4.27. The average molecular weight is 245 g/mol. The van der Waals surface area contributed by atoms with Crippen molar-refractivity contribution in [1.29, 1.82) is 0 Å². The molecule has 0 fully saturated rings. The molecule has 1 amide bonds. The van der Waals surface area contributed by atoms with Crippen LogP contribution in [-0.4, -0.2) is 11.3 Å². The molecule has 0 unspecified atom stereocenters. The van der Waals surface area contributed by atoms with E-state index in [1.807, 2.05) is 0 Å². The number of carbonyl (C=O) groups excluding carboxylic acids is 1. The molecule has 0 saturated carbocycles. The molecule has 16 heavy (non-hydrogen) atoms. The second kappa shape index (κ2) is 6.07. The fraction of sp³-hybridized carbons (Fsp3) is 0.200. The summed E-state index contributed by atoms with van der Waals surface area (Å²) in [4.78, 5) is 15.5. The Kier molecular flexibility index (Phi) is 4.72. The van der Waals surface area contributed by atoms with Crippen LogP contribution < -0.4 is 5.32 Å². The molecule has 0 aliphatic carbocycles. The van der Waals surface area contributed by atoms with E-state index in [4.69, 9.17) is 11.6 Å². The molecule has 0 radical (unpaired) electrons. The van der Waals surface area contributed by atoms with Gasteiger partial charge in [0.15, 0.2) is 0 Å². The van der Waals surface area contributed by atoms with Crippen molar-refractivity contribution >= 4 is 28.6 Å². The van der Waals surface area contributed by atoms with Crippen molar-refractivity contribution in [3.8, 4) is 0 Å². The van der Waals surface area contributed by atoms with Gasteiger partial charge in [-0.15, -0.1) is 0 Å². The Morgan fingerprint density at radius 3 is 3.00 bits per heavy atom. The van der Waals surface area contributed by atoms with E-state index < -0.39 is 11.9 Å². The average Bonchev–Trinajstić information content (AvgIpc) is 2.26. The molecule has 0 aliphatic rings. The van der Waals surface area contributed by atoms with Crippen molar-refractivity contribution in [2.24, 2.45) is 5.16 Å². The van der Waals surface area contributed by atoms with Gasteiger partial charge in [0.05, 0.1) is 0 Å². The van der Waals surface area contributed by atoms with Crippen LogP contribution in [0.2, 0.25) is 0 Å². The number of hydrogen-bond acceptors (Lipinski definition) is 3. The lowest BCUT2D eigenvalue weighted by molar-refractivity contribution is 0.166. The van der Waals surface area contributed by atoms with Crippen molar-refractivity contribution in [2.75, 3.05) is 5.32 Å². The summed E-state index contributed by atoms with van der Waals surface area (Å²) in [6, 6.07) is 5.41. The zero-order chi connectivity index (χ0) is 12.0. The molecule has 1 aromatic rings. The van der Waals surface area contributed by atoms with Crippen LogP contribution in [0.4, 0.5) is 14.9 Å². The summed E-state index contributed by atoms with van der Waals surface area (Å²) in [5, 5.41) is 5.81. The molecule has 1 N–H and O–H groups in total. The van der Waals surface area contributed by atoms with E-state index in [0.29, 0.717) is 6.42 Å². The summed E-state index contributed by atoms with van der Waals surface area (Å²) < 4.78 is 12.7. The molecular formula is C10H10ClFN2O2. The van der Waals surface area contributed by atoms with E-state index in [1.54, 1.807) is 6.92 Å². The minimum atomic E-state index is -0.822. The highest BCUT2D eigenvalue weighted by atomic mass is 35.5. The molecule has 0 bridgehead atoms. The summed E-state index contributed by atoms with van der Waals surface area (Å²) in [6.07, 6.45) is -0.355. The van der Waals surface area contributed by atoms with Gasteiger partial charge in [0.25, 0.3) is 0 Å². The lowest BCUT2D eigenvalue weighted by Crippen LogP contribution is -2.11. The van der Waals surface area contributed by atoms with Crippen LogP contribution in [-0.2, 0) is 4.84 Å². The normalized spacial score (nSPS) is 11.1. The molecule has 1 aromatic carbocycles. The SMILES string of the molecule is CCC(Cl)=NOC(=O)Nc1cccc(F)c1. The number of halogens is 2. The quantitative estimate of drug-likeness (QED) is 0.504. The molecule has 6 heteroatoms. The number of anilines is 1. The van der Waals surface area contributed by atoms with Crippen molar-refractivity contribution in [3.05, 3.63) is 30.1 Å². The number of nitrogens with zero attached hydrogens (tertiary/aromatic N) is 1. The number of carbonyl (C=O) groups is 1. The predicted octanol–water partition coefficient (Wildman–Crippen LogP) is 3.34. The molecule has 0 aliphatic heterocycles. The van der Waals surface area contributed by atoms with Crippen LogP contribution in [0.5, 0.6) is 0 Å². The van der Waals surface area contributed by atoms with Gasteiger partial charge in [-0.3, -0.25) is 10.2 Å². The van der Waals surface area contributed by atoms with Gasteiger partial charge in [-0.2, -0.15) is 0 Å². The van der Waals surface area contributed by atoms with Gasteiger partial charge in [-0.1, -0.05) is 29.7 Å². The van der Waals surface area contributed by atoms with E-state index in [0.717, 1.165) is 6.07 Å². The van der Waals surface area contributed by atoms with Gasteiger partial charge in [-0.05, 0) is 18.2 Å². The minimum absolute atomic E-state index is 0.175. The van der Waals surface area contributed by atoms with Crippen molar-refractivity contribution in [3.63, 3.8) is 0 Å². The first kappa shape index (κ1) is 12.4. The van der Waals surface area contributed by atoms with Crippen molar-refractivity contribution < 1.29 is 14.0 Å². The Bertz CT molecular complexity index is 410. The van der Waals surface area contributed by atoms with Crippen LogP contribution in [0.3, 0.4) is 0 Å². The molecule has 4 nitrogen and oxygen atoms in total. The zero-order valence-electron chi connectivity index (χ0n) is 8.54. The molecule has 1 rings (SSSR count). The van der Waals surface area contributed by atoms with Gasteiger partial charge in [0, 0.05) is 12.1 Å². The summed E-state index contributed by atoms with van der Waals surface area (Å²) in [5.41, 5.74) is 0.285. The number of oxime groups is 1. The fourth-order valence-corrected chi connectivity index (χ4v) is 0.897. The van der Waals surface area contributed by atoms with E-state index in [-0.39, 0.29) is 10.9 Å². The van der Waals surface area contributed by atoms with Crippen LogP contribution >= 0.6 is 11.6 Å². The molecule has 86 valence electrons. The van der Waals surface area contributed by atoms with Crippen molar-refractivity contribution in [2.45, 2.75) is 13.3 Å². The van der Waals surface area contributed by atoms with Crippen molar-refractivity contribution in [1.82, 2.24) is 0 Å². The first-order valence-corrected chi connectivity index (χ1v) is 4.95. The van der Waals surface area contributed by atoms with Gasteiger partial charge < -0.3 is 0 Å². The maximum absolute atomic E-state index is 12.7. The van der Waals surface area contributed by atoms with Crippen LogP contribution in [0.25, 0.3) is 0 Å². The molecule has 0 aromatic heterocycles. The molecule has 0 atom stereocenters. The summed E-state index contributed by atoms with van der Waals surface area (Å²) in [6.45, 7) is 1.76. The highest BCUT2D eigenvalue weighted by molar-refractivity contribution is 6.65. The maximum atomic E-state index is 12.7. The van der Waals surface area contributed by atoms with Crippen LogP contribution in [0.15, 0.2) is 29.4 Å². The third-order valence-corrected chi connectivity index (χ3v) is 1.93. The summed E-state index contributed by atoms with van der Waals surface area (Å²) in [5.74, 6) is -0.451. The smallest absolute Gasteiger partial charge is 0.297 e. The van der Waals surface area contributed by atoms with Gasteiger partial charge in [0.1, 0.15) is 11.0 Å². The number of rotatable bonds is 3. The molecule has 0 saturated heterocycles. The Morgan fingerprint density at radius 2 is 2.38 bits per heavy atom. The predicted molar refractivity (Wildman–Crippen MR) is 60.1 cm³/mol. The third-order valence-electron chi connectivity index (χ3n) is 1.59. The van der Waals surface area contributed by atoms with Crippen LogP contribution in [0.1, 0.15) is 13.3 Å². The Balaban J connectivity index is 2.52. The topological polar surface area (TPSA) is 50.7 Å².